The van der Waals surface area contributed by atoms with Gasteiger partial charge in [0, 0.05) is 41.4 Å². The van der Waals surface area contributed by atoms with Gasteiger partial charge < -0.3 is 15.0 Å². The Labute approximate surface area is 231 Å². The lowest BCUT2D eigenvalue weighted by Gasteiger charge is -2.35. The average molecular weight is 561 g/mol. The van der Waals surface area contributed by atoms with Gasteiger partial charge >= 0.3 is 6.09 Å². The van der Waals surface area contributed by atoms with Crippen molar-refractivity contribution < 1.29 is 18.3 Å². The Bertz CT molecular complexity index is 1240. The van der Waals surface area contributed by atoms with E-state index in [9.17, 15) is 13.6 Å². The first-order chi connectivity index (χ1) is 18.4. The van der Waals surface area contributed by atoms with Crippen LogP contribution in [0.1, 0.15) is 44.2 Å². The fourth-order valence-corrected chi connectivity index (χ4v) is 6.61. The van der Waals surface area contributed by atoms with Gasteiger partial charge in [-0.3, -0.25) is 9.98 Å². The van der Waals surface area contributed by atoms with Crippen LogP contribution in [-0.2, 0) is 4.74 Å². The van der Waals surface area contributed by atoms with Crippen molar-refractivity contribution in [3.05, 3.63) is 69.5 Å². The number of hydrogen-bond donors (Lipinski definition) is 1. The highest BCUT2D eigenvalue weighted by atomic mass is 35.5. The molecule has 1 aromatic rings. The molecule has 0 spiro atoms. The fourth-order valence-electron chi connectivity index (χ4n) is 5.40. The number of aliphatic imine (C=N–C) groups is 2. The Morgan fingerprint density at radius 1 is 1.37 bits per heavy atom. The number of nitrogens with zero attached hydrogens (tertiary/aromatic N) is 3. The maximum Gasteiger partial charge on any atom is 0.406 e. The maximum absolute atomic E-state index is 14.2. The Balaban J connectivity index is 1.58. The van der Waals surface area contributed by atoms with Gasteiger partial charge in [-0.05, 0) is 48.8 Å². The molecule has 4 aliphatic rings. The normalized spacial score (nSPS) is 26.9. The van der Waals surface area contributed by atoms with E-state index in [1.54, 1.807) is 17.8 Å². The summed E-state index contributed by atoms with van der Waals surface area (Å²) in [6, 6.07) is 3.68. The molecule has 0 aromatic heterocycles. The molecular weight excluding hydrogens is 530 g/mol. The Kier molecular flexibility index (Phi) is 8.23. The predicted molar refractivity (Wildman–Crippen MR) is 149 cm³/mol. The summed E-state index contributed by atoms with van der Waals surface area (Å²) < 4.78 is 33.0. The van der Waals surface area contributed by atoms with Gasteiger partial charge in [0.1, 0.15) is 23.9 Å². The highest BCUT2D eigenvalue weighted by Gasteiger charge is 2.42. The van der Waals surface area contributed by atoms with Crippen molar-refractivity contribution in [2.75, 3.05) is 20.2 Å². The number of allylic oxidation sites excluding steroid dienone is 3. The van der Waals surface area contributed by atoms with Crippen LogP contribution in [0.2, 0.25) is 5.02 Å². The summed E-state index contributed by atoms with van der Waals surface area (Å²) in [6.45, 7) is 2.97. The number of thioether (sulfide) groups is 1. The van der Waals surface area contributed by atoms with E-state index in [2.05, 4.69) is 21.7 Å². The Morgan fingerprint density at radius 2 is 2.21 bits per heavy atom. The molecule has 4 aliphatic heterocycles. The summed E-state index contributed by atoms with van der Waals surface area (Å²) in [4.78, 5) is 24.2. The van der Waals surface area contributed by atoms with Crippen LogP contribution in [0.25, 0.3) is 0 Å². The fraction of sp³-hybridized carbons (Fsp3) is 0.464. The van der Waals surface area contributed by atoms with E-state index < -0.39 is 24.1 Å². The molecule has 202 valence electrons. The van der Waals surface area contributed by atoms with Crippen LogP contribution >= 0.6 is 23.4 Å². The van der Waals surface area contributed by atoms with Crippen LogP contribution in [0.15, 0.2) is 63.1 Å². The number of hydrogen-bond acceptors (Lipinski definition) is 6. The van der Waals surface area contributed by atoms with Crippen LogP contribution in [0.3, 0.4) is 0 Å². The number of rotatable bonds is 8. The first-order valence-electron chi connectivity index (χ1n) is 12.9. The lowest BCUT2D eigenvalue weighted by atomic mass is 9.90. The van der Waals surface area contributed by atoms with E-state index in [1.807, 2.05) is 19.1 Å². The van der Waals surface area contributed by atoms with Crippen molar-refractivity contribution in [2.45, 2.75) is 56.1 Å². The van der Waals surface area contributed by atoms with E-state index in [1.165, 1.54) is 19.2 Å². The number of alkyl carbamates (subject to hydrolysis) is 1. The Morgan fingerprint density at radius 3 is 2.92 bits per heavy atom. The third-order valence-corrected chi connectivity index (χ3v) is 8.73. The molecule has 1 N–H and O–H groups in total. The zero-order chi connectivity index (χ0) is 26.8. The first-order valence-corrected chi connectivity index (χ1v) is 14.3. The molecule has 0 bridgehead atoms. The number of nitrogens with one attached hydrogen (secondary N) is 1. The summed E-state index contributed by atoms with van der Waals surface area (Å²) in [7, 11) is 1.35. The number of alkyl halides is 1. The minimum Gasteiger partial charge on any atom is -0.453 e. The molecule has 10 heteroatoms. The number of methoxy groups -OCH3 is 1. The number of ether oxygens (including phenoxy) is 1. The van der Waals surface area contributed by atoms with Crippen LogP contribution in [-0.4, -0.2) is 60.2 Å². The molecule has 1 amide bonds. The minimum atomic E-state index is -0.924. The first kappa shape index (κ1) is 26.9. The van der Waals surface area contributed by atoms with E-state index in [-0.39, 0.29) is 17.2 Å². The monoisotopic (exact) mass is 560 g/mol. The summed E-state index contributed by atoms with van der Waals surface area (Å²) in [5.74, 6) is 0.661. The van der Waals surface area contributed by atoms with E-state index >= 15 is 0 Å². The van der Waals surface area contributed by atoms with Crippen LogP contribution in [0, 0.1) is 11.7 Å². The van der Waals surface area contributed by atoms with Crippen molar-refractivity contribution in [3.8, 4) is 0 Å². The van der Waals surface area contributed by atoms with Gasteiger partial charge in [-0.2, -0.15) is 0 Å². The van der Waals surface area contributed by atoms with Crippen LogP contribution < -0.4 is 5.32 Å². The van der Waals surface area contributed by atoms with Crippen molar-refractivity contribution in [3.63, 3.8) is 0 Å². The lowest BCUT2D eigenvalue weighted by Crippen LogP contribution is -2.40. The van der Waals surface area contributed by atoms with Crippen molar-refractivity contribution >= 4 is 41.0 Å². The maximum atomic E-state index is 14.2. The number of fused-ring (bicyclic) bond motifs is 1. The molecule has 1 saturated heterocycles. The molecule has 0 saturated carbocycles. The average Bonchev–Trinajstić information content (AvgIpc) is 3.67. The number of carbonyl (C=O) groups excluding carboxylic acids is 1. The largest absolute Gasteiger partial charge is 0.453 e. The topological polar surface area (TPSA) is 66.3 Å². The highest BCUT2D eigenvalue weighted by Crippen LogP contribution is 2.46. The number of carbonyl (C=O) groups is 1. The summed E-state index contributed by atoms with van der Waals surface area (Å²) in [5.41, 5.74) is 3.44. The van der Waals surface area contributed by atoms with Gasteiger partial charge in [0.2, 0.25) is 0 Å². The molecule has 1 aromatic carbocycles. The van der Waals surface area contributed by atoms with Gasteiger partial charge in [0.05, 0.1) is 24.1 Å². The Hall–Kier alpha value is -2.65. The standard InChI is InChI=1S/C28H31ClF2N4O2S/c1-3-17(30)12-19-7-9-22(33-19)25-23-11-16(14-32-28(36)37-2)15-35(23)27(24-5-4-10-38-24)34-26(25)20-8-6-18(31)13-21(20)29/h4,6-10,13,16-17,19,24,26H,3,5,11-12,14-15H2,1-2H3,(H,32,36)/t16?,17?,19?,24?,26-/m0/s1. The molecule has 6 nitrogen and oxygen atoms in total. The smallest absolute Gasteiger partial charge is 0.406 e. The van der Waals surface area contributed by atoms with Gasteiger partial charge in [-0.15, -0.1) is 11.8 Å². The molecular formula is C28H31ClF2N4O2S. The molecule has 0 aliphatic carbocycles. The molecule has 1 fully saturated rings. The molecule has 5 atom stereocenters. The summed E-state index contributed by atoms with van der Waals surface area (Å²) in [5, 5.41) is 5.37. The third-order valence-electron chi connectivity index (χ3n) is 7.32. The van der Waals surface area contributed by atoms with E-state index in [4.69, 9.17) is 26.3 Å². The number of halogens is 3. The quantitative estimate of drug-likeness (QED) is 0.399. The zero-order valence-corrected chi connectivity index (χ0v) is 22.9. The van der Waals surface area contributed by atoms with Crippen molar-refractivity contribution in [2.24, 2.45) is 15.9 Å². The van der Waals surface area contributed by atoms with Gasteiger partial charge in [0.15, 0.2) is 0 Å². The highest BCUT2D eigenvalue weighted by molar-refractivity contribution is 8.03. The number of benzene rings is 1. The zero-order valence-electron chi connectivity index (χ0n) is 21.4. The minimum absolute atomic E-state index is 0.128. The van der Waals surface area contributed by atoms with Crippen LogP contribution in [0.5, 0.6) is 0 Å². The van der Waals surface area contributed by atoms with Crippen molar-refractivity contribution in [1.82, 2.24) is 10.2 Å². The van der Waals surface area contributed by atoms with Gasteiger partial charge in [-0.1, -0.05) is 36.7 Å². The summed E-state index contributed by atoms with van der Waals surface area (Å²) in [6.07, 6.45) is 6.96. The molecule has 4 unspecified atom stereocenters. The second-order valence-corrected chi connectivity index (χ2v) is 11.4. The number of amides is 1. The SMILES string of the molecule is CCC(F)CC1C=CC(C2=C3CC(CNC(=O)OC)CN3C(C3CC=CS3)=N[C@H]2c2ccc(F)cc2Cl)=N1. The molecule has 4 heterocycles. The molecule has 5 rings (SSSR count). The second-order valence-electron chi connectivity index (χ2n) is 9.88. The second kappa shape index (κ2) is 11.6. The van der Waals surface area contributed by atoms with Gasteiger partial charge in [0.25, 0.3) is 0 Å². The molecule has 0 radical (unpaired) electrons. The van der Waals surface area contributed by atoms with Crippen molar-refractivity contribution in [1.29, 1.82) is 0 Å². The molecule has 38 heavy (non-hydrogen) atoms. The van der Waals surface area contributed by atoms with E-state index in [0.717, 1.165) is 29.2 Å². The predicted octanol–water partition coefficient (Wildman–Crippen LogP) is 6.40. The summed E-state index contributed by atoms with van der Waals surface area (Å²) >= 11 is 8.32. The lowest BCUT2D eigenvalue weighted by molar-refractivity contribution is 0.169. The van der Waals surface area contributed by atoms with Crippen LogP contribution in [0.4, 0.5) is 13.6 Å². The number of amidine groups is 1. The van der Waals surface area contributed by atoms with Gasteiger partial charge in [-0.25, -0.2) is 13.6 Å². The van der Waals surface area contributed by atoms with E-state index in [0.29, 0.717) is 42.9 Å². The third kappa shape index (κ3) is 5.54.